The van der Waals surface area contributed by atoms with Crippen LogP contribution in [0.3, 0.4) is 0 Å². The quantitative estimate of drug-likeness (QED) is 0.606. The van der Waals surface area contributed by atoms with E-state index in [0.717, 1.165) is 25.4 Å². The highest BCUT2D eigenvalue weighted by molar-refractivity contribution is 7.99. The molecule has 0 aromatic heterocycles. The molecule has 0 saturated carbocycles. The Morgan fingerprint density at radius 1 is 1.42 bits per heavy atom. The first-order valence-corrected chi connectivity index (χ1v) is 8.33. The van der Waals surface area contributed by atoms with E-state index in [1.807, 2.05) is 11.8 Å². The molecule has 0 amide bonds. The van der Waals surface area contributed by atoms with Crippen LogP contribution in [-0.4, -0.2) is 25.0 Å². The lowest BCUT2D eigenvalue weighted by Gasteiger charge is -2.11. The molecule has 0 bridgehead atoms. The monoisotopic (exact) mass is 279 g/mol. The maximum atomic E-state index is 5.66. The van der Waals surface area contributed by atoms with Crippen molar-refractivity contribution in [1.82, 2.24) is 5.32 Å². The zero-order valence-electron chi connectivity index (χ0n) is 12.1. The Hall–Kier alpha value is -0.510. The number of hydrogen-bond acceptors (Lipinski definition) is 3. The molecular formula is C16H25NOS. The molecule has 19 heavy (non-hydrogen) atoms. The van der Waals surface area contributed by atoms with E-state index in [1.54, 1.807) is 0 Å². The SMILES string of the molecule is CCCNCc1ccc(SCC2CCCO2)cc1C. The lowest BCUT2D eigenvalue weighted by atomic mass is 10.1. The average molecular weight is 279 g/mol. The highest BCUT2D eigenvalue weighted by Crippen LogP contribution is 2.25. The van der Waals surface area contributed by atoms with Gasteiger partial charge in [0.15, 0.2) is 0 Å². The number of aryl methyl sites for hydroxylation is 1. The fraction of sp³-hybridized carbons (Fsp3) is 0.625. The van der Waals surface area contributed by atoms with Gasteiger partial charge in [-0.25, -0.2) is 0 Å². The van der Waals surface area contributed by atoms with Crippen LogP contribution < -0.4 is 5.32 Å². The minimum atomic E-state index is 0.469. The third-order valence-corrected chi connectivity index (χ3v) is 4.64. The van der Waals surface area contributed by atoms with Crippen molar-refractivity contribution >= 4 is 11.8 Å². The highest BCUT2D eigenvalue weighted by Gasteiger charge is 2.15. The molecule has 0 aliphatic carbocycles. The van der Waals surface area contributed by atoms with Gasteiger partial charge in [-0.05, 0) is 56.0 Å². The van der Waals surface area contributed by atoms with E-state index in [9.17, 15) is 0 Å². The topological polar surface area (TPSA) is 21.3 Å². The molecule has 1 unspecified atom stereocenters. The summed E-state index contributed by atoms with van der Waals surface area (Å²) < 4.78 is 5.66. The molecule has 1 aliphatic rings. The summed E-state index contributed by atoms with van der Waals surface area (Å²) in [6.45, 7) is 7.43. The molecule has 1 fully saturated rings. The molecule has 1 aromatic rings. The van der Waals surface area contributed by atoms with E-state index in [1.165, 1.54) is 35.3 Å². The molecule has 1 N–H and O–H groups in total. The first-order chi connectivity index (χ1) is 9.29. The molecule has 106 valence electrons. The fourth-order valence-corrected chi connectivity index (χ4v) is 3.39. The molecule has 1 atom stereocenters. The van der Waals surface area contributed by atoms with Gasteiger partial charge in [-0.3, -0.25) is 0 Å². The zero-order chi connectivity index (χ0) is 13.5. The summed E-state index contributed by atoms with van der Waals surface area (Å²) in [5, 5.41) is 3.46. The van der Waals surface area contributed by atoms with Crippen LogP contribution in [0.5, 0.6) is 0 Å². The maximum Gasteiger partial charge on any atom is 0.0669 e. The largest absolute Gasteiger partial charge is 0.377 e. The maximum absolute atomic E-state index is 5.66. The van der Waals surface area contributed by atoms with Gasteiger partial charge in [0.25, 0.3) is 0 Å². The molecule has 1 saturated heterocycles. The fourth-order valence-electron chi connectivity index (χ4n) is 2.32. The third kappa shape index (κ3) is 4.83. The Morgan fingerprint density at radius 2 is 2.32 bits per heavy atom. The molecular weight excluding hydrogens is 254 g/mol. The van der Waals surface area contributed by atoms with Crippen LogP contribution in [0, 0.1) is 6.92 Å². The smallest absolute Gasteiger partial charge is 0.0669 e. The van der Waals surface area contributed by atoms with Crippen LogP contribution in [0.1, 0.15) is 37.3 Å². The van der Waals surface area contributed by atoms with Crippen molar-refractivity contribution in [3.05, 3.63) is 29.3 Å². The predicted octanol–water partition coefficient (Wildman–Crippen LogP) is 3.77. The van der Waals surface area contributed by atoms with E-state index >= 15 is 0 Å². The zero-order valence-corrected chi connectivity index (χ0v) is 12.9. The number of rotatable bonds is 7. The predicted molar refractivity (Wildman–Crippen MR) is 82.9 cm³/mol. The van der Waals surface area contributed by atoms with Crippen molar-refractivity contribution in [2.75, 3.05) is 18.9 Å². The second-order valence-electron chi connectivity index (χ2n) is 5.21. The van der Waals surface area contributed by atoms with Gasteiger partial charge >= 0.3 is 0 Å². The van der Waals surface area contributed by atoms with Crippen molar-refractivity contribution in [3.63, 3.8) is 0 Å². The highest BCUT2D eigenvalue weighted by atomic mass is 32.2. The van der Waals surface area contributed by atoms with Crippen LogP contribution >= 0.6 is 11.8 Å². The number of benzene rings is 1. The molecule has 1 aromatic carbocycles. The summed E-state index contributed by atoms with van der Waals surface area (Å²) in [5.41, 5.74) is 2.80. The van der Waals surface area contributed by atoms with E-state index in [4.69, 9.17) is 4.74 Å². The second-order valence-corrected chi connectivity index (χ2v) is 6.30. The van der Waals surface area contributed by atoms with Crippen molar-refractivity contribution < 1.29 is 4.74 Å². The summed E-state index contributed by atoms with van der Waals surface area (Å²) >= 11 is 1.92. The lowest BCUT2D eigenvalue weighted by Crippen LogP contribution is -2.14. The minimum absolute atomic E-state index is 0.469. The van der Waals surface area contributed by atoms with Crippen molar-refractivity contribution in [2.24, 2.45) is 0 Å². The molecule has 0 spiro atoms. The lowest BCUT2D eigenvalue weighted by molar-refractivity contribution is 0.129. The van der Waals surface area contributed by atoms with Crippen molar-refractivity contribution in [3.8, 4) is 0 Å². The van der Waals surface area contributed by atoms with Gasteiger partial charge in [0.2, 0.25) is 0 Å². The molecule has 1 heterocycles. The van der Waals surface area contributed by atoms with E-state index in [-0.39, 0.29) is 0 Å². The van der Waals surface area contributed by atoms with Gasteiger partial charge in [-0.1, -0.05) is 13.0 Å². The van der Waals surface area contributed by atoms with E-state index < -0.39 is 0 Å². The van der Waals surface area contributed by atoms with Crippen LogP contribution in [0.15, 0.2) is 23.1 Å². The summed E-state index contributed by atoms with van der Waals surface area (Å²) in [5.74, 6) is 1.09. The average Bonchev–Trinajstić information content (AvgIpc) is 2.92. The van der Waals surface area contributed by atoms with Crippen LogP contribution in [0.2, 0.25) is 0 Å². The van der Waals surface area contributed by atoms with Crippen molar-refractivity contribution in [2.45, 2.75) is 50.7 Å². The van der Waals surface area contributed by atoms with Crippen LogP contribution in [0.4, 0.5) is 0 Å². The first kappa shape index (κ1) is 14.9. The molecule has 3 heteroatoms. The molecule has 1 aliphatic heterocycles. The Bertz CT molecular complexity index is 388. The molecule has 2 nitrogen and oxygen atoms in total. The van der Waals surface area contributed by atoms with Crippen LogP contribution in [0.25, 0.3) is 0 Å². The number of thioether (sulfide) groups is 1. The Balaban J connectivity index is 1.83. The molecule has 2 rings (SSSR count). The Kier molecular flexibility index (Phi) is 6.21. The summed E-state index contributed by atoms with van der Waals surface area (Å²) in [7, 11) is 0. The number of hydrogen-bond donors (Lipinski definition) is 1. The standard InChI is InChI=1S/C16H25NOS/c1-3-8-17-11-14-6-7-16(10-13(14)2)19-12-15-5-4-9-18-15/h6-7,10,15,17H,3-5,8-9,11-12H2,1-2H3. The van der Waals surface area contributed by atoms with Gasteiger partial charge < -0.3 is 10.1 Å². The van der Waals surface area contributed by atoms with Gasteiger partial charge in [-0.15, -0.1) is 11.8 Å². The van der Waals surface area contributed by atoms with E-state index in [2.05, 4.69) is 37.4 Å². The van der Waals surface area contributed by atoms with Gasteiger partial charge in [0.1, 0.15) is 0 Å². The Labute approximate surface area is 121 Å². The summed E-state index contributed by atoms with van der Waals surface area (Å²) in [6.07, 6.45) is 4.11. The normalized spacial score (nSPS) is 18.9. The number of nitrogens with one attached hydrogen (secondary N) is 1. The minimum Gasteiger partial charge on any atom is -0.377 e. The Morgan fingerprint density at radius 3 is 3.00 bits per heavy atom. The molecule has 0 radical (unpaired) electrons. The second kappa shape index (κ2) is 7.93. The summed E-state index contributed by atoms with van der Waals surface area (Å²) in [6, 6.07) is 6.81. The number of ether oxygens (including phenoxy) is 1. The van der Waals surface area contributed by atoms with E-state index in [0.29, 0.717) is 6.10 Å². The van der Waals surface area contributed by atoms with Gasteiger partial charge in [0.05, 0.1) is 6.10 Å². The third-order valence-electron chi connectivity index (χ3n) is 3.52. The van der Waals surface area contributed by atoms with Gasteiger partial charge in [-0.2, -0.15) is 0 Å². The van der Waals surface area contributed by atoms with Crippen LogP contribution in [-0.2, 0) is 11.3 Å². The van der Waals surface area contributed by atoms with Crippen molar-refractivity contribution in [1.29, 1.82) is 0 Å². The first-order valence-electron chi connectivity index (χ1n) is 7.34. The van der Waals surface area contributed by atoms with Gasteiger partial charge in [0, 0.05) is 23.8 Å². The summed E-state index contributed by atoms with van der Waals surface area (Å²) in [4.78, 5) is 1.37.